The van der Waals surface area contributed by atoms with Gasteiger partial charge < -0.3 is 14.7 Å². The number of rotatable bonds is 6. The molecule has 144 valence electrons. The first-order valence-electron chi connectivity index (χ1n) is 8.55. The number of phenolic OH excluding ortho intramolecular Hbond substituents is 1. The summed E-state index contributed by atoms with van der Waals surface area (Å²) in [6.45, 7) is 2.55. The van der Waals surface area contributed by atoms with Crippen molar-refractivity contribution in [3.8, 4) is 11.5 Å². The lowest BCUT2D eigenvalue weighted by atomic mass is 10.1. The van der Waals surface area contributed by atoms with Crippen molar-refractivity contribution in [2.24, 2.45) is 10.2 Å². The molecule has 0 fully saturated rings. The zero-order valence-corrected chi connectivity index (χ0v) is 15.3. The summed E-state index contributed by atoms with van der Waals surface area (Å²) in [7, 11) is 1.29. The van der Waals surface area contributed by atoms with E-state index in [0.29, 0.717) is 17.7 Å². The standard InChI is InChI=1S/C19H18N4O5/c1-3-8-22-14-7-5-4-6-13(14)17(19(22)25)21-20-11-12-9-15(23(26)27)18(24)16(10-12)28-2/h4-7,9-11,24H,3,8H2,1-2H3/b20-11+,21-17+. The Hall–Kier alpha value is -3.75. The number of para-hydroxylation sites is 1. The van der Waals surface area contributed by atoms with Crippen molar-refractivity contribution >= 4 is 29.2 Å². The molecule has 1 aliphatic rings. The van der Waals surface area contributed by atoms with Crippen molar-refractivity contribution in [3.63, 3.8) is 0 Å². The summed E-state index contributed by atoms with van der Waals surface area (Å²) in [5, 5.41) is 28.9. The highest BCUT2D eigenvalue weighted by molar-refractivity contribution is 6.54. The molecule has 3 rings (SSSR count). The molecule has 28 heavy (non-hydrogen) atoms. The minimum Gasteiger partial charge on any atom is -0.500 e. The molecular formula is C19H18N4O5. The number of nitro benzene ring substituents is 1. The van der Waals surface area contributed by atoms with Crippen LogP contribution in [0.1, 0.15) is 24.5 Å². The fourth-order valence-electron chi connectivity index (χ4n) is 2.94. The lowest BCUT2D eigenvalue weighted by Gasteiger charge is -2.14. The van der Waals surface area contributed by atoms with Gasteiger partial charge in [0.1, 0.15) is 0 Å². The number of nitro groups is 1. The summed E-state index contributed by atoms with van der Waals surface area (Å²) in [6.07, 6.45) is 2.06. The Bertz CT molecular complexity index is 1000. The average Bonchev–Trinajstić information content (AvgIpc) is 2.95. The number of benzene rings is 2. The van der Waals surface area contributed by atoms with E-state index < -0.39 is 16.4 Å². The van der Waals surface area contributed by atoms with Crippen LogP contribution < -0.4 is 9.64 Å². The first-order chi connectivity index (χ1) is 13.5. The Kier molecular flexibility index (Phi) is 5.35. The number of ether oxygens (including phenoxy) is 1. The van der Waals surface area contributed by atoms with Gasteiger partial charge in [0.2, 0.25) is 5.75 Å². The highest BCUT2D eigenvalue weighted by Gasteiger charge is 2.33. The van der Waals surface area contributed by atoms with Crippen molar-refractivity contribution < 1.29 is 19.6 Å². The van der Waals surface area contributed by atoms with Gasteiger partial charge in [0.05, 0.1) is 23.9 Å². The maximum Gasteiger partial charge on any atom is 0.315 e. The van der Waals surface area contributed by atoms with Crippen LogP contribution in [0.2, 0.25) is 0 Å². The molecule has 0 atom stereocenters. The van der Waals surface area contributed by atoms with Gasteiger partial charge in [0.25, 0.3) is 5.91 Å². The molecule has 9 heteroatoms. The Morgan fingerprint density at radius 3 is 2.75 bits per heavy atom. The second-order valence-corrected chi connectivity index (χ2v) is 6.02. The molecule has 0 bridgehead atoms. The van der Waals surface area contributed by atoms with Crippen LogP contribution in [-0.4, -0.2) is 41.5 Å². The SMILES string of the molecule is CCCN1C(=O)/C(=N/N=C/c2cc(OC)c(O)c([N+](=O)[O-])c2)c2ccccc21. The zero-order chi connectivity index (χ0) is 20.3. The molecule has 1 heterocycles. The third-order valence-corrected chi connectivity index (χ3v) is 4.20. The summed E-state index contributed by atoms with van der Waals surface area (Å²) in [4.78, 5) is 24.7. The molecule has 0 spiro atoms. The lowest BCUT2D eigenvalue weighted by molar-refractivity contribution is -0.386. The van der Waals surface area contributed by atoms with Gasteiger partial charge in [-0.3, -0.25) is 14.9 Å². The van der Waals surface area contributed by atoms with Gasteiger partial charge in [-0.25, -0.2) is 0 Å². The number of carbonyl (C=O) groups is 1. The predicted octanol–water partition coefficient (Wildman–Crippen LogP) is 2.89. The Morgan fingerprint density at radius 1 is 1.32 bits per heavy atom. The minimum atomic E-state index is -0.722. The van der Waals surface area contributed by atoms with E-state index >= 15 is 0 Å². The fourth-order valence-corrected chi connectivity index (χ4v) is 2.94. The van der Waals surface area contributed by atoms with Crippen molar-refractivity contribution in [2.45, 2.75) is 13.3 Å². The molecule has 9 nitrogen and oxygen atoms in total. The van der Waals surface area contributed by atoms with Crippen LogP contribution in [0.15, 0.2) is 46.6 Å². The third kappa shape index (κ3) is 3.41. The normalized spacial score (nSPS) is 14.7. The monoisotopic (exact) mass is 382 g/mol. The maximum atomic E-state index is 12.7. The highest BCUT2D eigenvalue weighted by atomic mass is 16.6. The lowest BCUT2D eigenvalue weighted by Crippen LogP contribution is -2.30. The summed E-state index contributed by atoms with van der Waals surface area (Å²) in [5.74, 6) is -0.861. The molecule has 1 amide bonds. The summed E-state index contributed by atoms with van der Waals surface area (Å²) in [5.41, 5.74) is 1.47. The molecule has 0 aromatic heterocycles. The minimum absolute atomic E-state index is 0.0558. The molecule has 2 aromatic rings. The van der Waals surface area contributed by atoms with Gasteiger partial charge >= 0.3 is 5.69 Å². The van der Waals surface area contributed by atoms with E-state index in [-0.39, 0.29) is 17.4 Å². The van der Waals surface area contributed by atoms with Gasteiger partial charge in [0.15, 0.2) is 11.5 Å². The average molecular weight is 382 g/mol. The number of fused-ring (bicyclic) bond motifs is 1. The second-order valence-electron chi connectivity index (χ2n) is 6.02. The largest absolute Gasteiger partial charge is 0.500 e. The molecule has 0 unspecified atom stereocenters. The molecule has 1 N–H and O–H groups in total. The van der Waals surface area contributed by atoms with E-state index in [0.717, 1.165) is 18.2 Å². The van der Waals surface area contributed by atoms with Crippen LogP contribution in [0.5, 0.6) is 11.5 Å². The van der Waals surface area contributed by atoms with E-state index in [2.05, 4.69) is 10.2 Å². The quantitative estimate of drug-likeness (QED) is 0.468. The van der Waals surface area contributed by atoms with Gasteiger partial charge in [0, 0.05) is 23.7 Å². The second kappa shape index (κ2) is 7.87. The maximum absolute atomic E-state index is 12.7. The smallest absolute Gasteiger partial charge is 0.315 e. The molecule has 2 aromatic carbocycles. The molecule has 0 saturated heterocycles. The number of nitrogens with zero attached hydrogens (tertiary/aromatic N) is 4. The molecule has 1 aliphatic heterocycles. The Balaban J connectivity index is 1.96. The van der Waals surface area contributed by atoms with Crippen molar-refractivity contribution in [1.82, 2.24) is 0 Å². The number of amides is 1. The number of hydrogen-bond acceptors (Lipinski definition) is 7. The van der Waals surface area contributed by atoms with E-state index in [4.69, 9.17) is 4.74 Å². The fraction of sp³-hybridized carbons (Fsp3) is 0.211. The number of aromatic hydroxyl groups is 1. The Morgan fingerprint density at radius 2 is 2.07 bits per heavy atom. The number of anilines is 1. The van der Waals surface area contributed by atoms with Crippen LogP contribution in [0.3, 0.4) is 0 Å². The summed E-state index contributed by atoms with van der Waals surface area (Å²) < 4.78 is 4.95. The van der Waals surface area contributed by atoms with Gasteiger partial charge in [-0.15, -0.1) is 5.10 Å². The van der Waals surface area contributed by atoms with E-state index in [9.17, 15) is 20.0 Å². The third-order valence-electron chi connectivity index (χ3n) is 4.20. The first-order valence-corrected chi connectivity index (χ1v) is 8.55. The molecule has 0 aliphatic carbocycles. The Labute approximate surface area is 160 Å². The number of carbonyl (C=O) groups excluding carboxylic acids is 1. The van der Waals surface area contributed by atoms with Gasteiger partial charge in [-0.05, 0) is 18.6 Å². The van der Waals surface area contributed by atoms with Gasteiger partial charge in [-0.2, -0.15) is 5.10 Å². The molecule has 0 saturated carbocycles. The zero-order valence-electron chi connectivity index (χ0n) is 15.3. The highest BCUT2D eigenvalue weighted by Crippen LogP contribution is 2.36. The van der Waals surface area contributed by atoms with E-state index in [1.165, 1.54) is 19.4 Å². The van der Waals surface area contributed by atoms with Crippen molar-refractivity contribution in [2.75, 3.05) is 18.6 Å². The van der Waals surface area contributed by atoms with Gasteiger partial charge in [-0.1, -0.05) is 25.1 Å². The van der Waals surface area contributed by atoms with Crippen LogP contribution in [0, 0.1) is 10.1 Å². The first kappa shape index (κ1) is 19.0. The van der Waals surface area contributed by atoms with E-state index in [1.54, 1.807) is 11.0 Å². The van der Waals surface area contributed by atoms with E-state index in [1.807, 2.05) is 25.1 Å². The summed E-state index contributed by atoms with van der Waals surface area (Å²) >= 11 is 0. The van der Waals surface area contributed by atoms with Crippen LogP contribution in [0.4, 0.5) is 11.4 Å². The number of hydrogen-bond donors (Lipinski definition) is 1. The molecular weight excluding hydrogens is 364 g/mol. The topological polar surface area (TPSA) is 118 Å². The van der Waals surface area contributed by atoms with Crippen LogP contribution >= 0.6 is 0 Å². The number of phenols is 1. The summed E-state index contributed by atoms with van der Waals surface area (Å²) in [6, 6.07) is 9.85. The molecule has 0 radical (unpaired) electrons. The number of methoxy groups -OCH3 is 1. The van der Waals surface area contributed by atoms with Crippen LogP contribution in [-0.2, 0) is 4.79 Å². The van der Waals surface area contributed by atoms with Crippen LogP contribution in [0.25, 0.3) is 0 Å². The van der Waals surface area contributed by atoms with Crippen molar-refractivity contribution in [1.29, 1.82) is 0 Å². The predicted molar refractivity (Wildman–Crippen MR) is 105 cm³/mol. The van der Waals surface area contributed by atoms with Crippen molar-refractivity contribution in [3.05, 3.63) is 57.6 Å².